The molecular formula is C9H17NO5S. The van der Waals surface area contributed by atoms with Crippen molar-refractivity contribution in [3.8, 4) is 0 Å². The minimum atomic E-state index is -3.79. The molecule has 0 unspecified atom stereocenters. The molecule has 94 valence electrons. The second-order valence-electron chi connectivity index (χ2n) is 3.92. The van der Waals surface area contributed by atoms with E-state index in [1.54, 1.807) is 0 Å². The van der Waals surface area contributed by atoms with Crippen LogP contribution in [0.15, 0.2) is 0 Å². The van der Waals surface area contributed by atoms with E-state index in [2.05, 4.69) is 0 Å². The van der Waals surface area contributed by atoms with Gasteiger partial charge in [-0.2, -0.15) is 4.31 Å². The monoisotopic (exact) mass is 251 g/mol. The van der Waals surface area contributed by atoms with Gasteiger partial charge in [0, 0.05) is 12.6 Å². The van der Waals surface area contributed by atoms with Crippen LogP contribution in [0.4, 0.5) is 0 Å². The van der Waals surface area contributed by atoms with E-state index in [1.807, 2.05) is 0 Å². The highest BCUT2D eigenvalue weighted by Gasteiger charge is 2.32. The number of hydrogen-bond donors (Lipinski definition) is 2. The highest BCUT2D eigenvalue weighted by molar-refractivity contribution is 7.89. The van der Waals surface area contributed by atoms with Crippen molar-refractivity contribution in [2.45, 2.75) is 31.7 Å². The van der Waals surface area contributed by atoms with Crippen molar-refractivity contribution >= 4 is 16.0 Å². The van der Waals surface area contributed by atoms with E-state index in [9.17, 15) is 13.2 Å². The smallest absolute Gasteiger partial charge is 0.320 e. The summed E-state index contributed by atoms with van der Waals surface area (Å²) in [4.78, 5) is 10.5. The van der Waals surface area contributed by atoms with Crippen LogP contribution in [-0.4, -0.2) is 53.9 Å². The quantitative estimate of drug-likeness (QED) is 0.672. The molecule has 0 aromatic rings. The molecule has 1 aliphatic rings. The third-order valence-corrected chi connectivity index (χ3v) is 4.52. The van der Waals surface area contributed by atoms with E-state index < -0.39 is 21.7 Å². The highest BCUT2D eigenvalue weighted by Crippen LogP contribution is 2.25. The lowest BCUT2D eigenvalue weighted by atomic mass is 10.2. The summed E-state index contributed by atoms with van der Waals surface area (Å²) in [5, 5.41) is 17.4. The molecule has 1 saturated carbocycles. The zero-order valence-corrected chi connectivity index (χ0v) is 9.82. The predicted molar refractivity (Wildman–Crippen MR) is 57.5 cm³/mol. The van der Waals surface area contributed by atoms with Gasteiger partial charge < -0.3 is 10.2 Å². The van der Waals surface area contributed by atoms with Crippen LogP contribution < -0.4 is 0 Å². The Morgan fingerprint density at radius 3 is 2.31 bits per heavy atom. The van der Waals surface area contributed by atoms with Gasteiger partial charge in [-0.25, -0.2) is 8.42 Å². The molecule has 6 nitrogen and oxygen atoms in total. The molecular weight excluding hydrogens is 234 g/mol. The minimum Gasteiger partial charge on any atom is -0.480 e. The maximum Gasteiger partial charge on any atom is 0.320 e. The second kappa shape index (κ2) is 5.60. The van der Waals surface area contributed by atoms with E-state index in [1.165, 1.54) is 0 Å². The molecule has 0 amide bonds. The van der Waals surface area contributed by atoms with Gasteiger partial charge in [0.25, 0.3) is 0 Å². The van der Waals surface area contributed by atoms with Gasteiger partial charge in [-0.1, -0.05) is 12.8 Å². The van der Waals surface area contributed by atoms with Crippen LogP contribution in [0.2, 0.25) is 0 Å². The summed E-state index contributed by atoms with van der Waals surface area (Å²) < 4.78 is 24.7. The number of carbonyl (C=O) groups is 1. The number of aliphatic hydroxyl groups is 1. The van der Waals surface area contributed by atoms with Crippen LogP contribution in [0.1, 0.15) is 25.7 Å². The lowest BCUT2D eigenvalue weighted by molar-refractivity contribution is -0.134. The summed E-state index contributed by atoms with van der Waals surface area (Å²) >= 11 is 0. The molecule has 1 rings (SSSR count). The van der Waals surface area contributed by atoms with E-state index >= 15 is 0 Å². The standard InChI is InChI=1S/C9H17NO5S/c11-6-5-10(8-3-1-2-4-8)16(14,15)7-9(12)13/h8,11H,1-7H2,(H,12,13). The molecule has 0 aliphatic heterocycles. The average Bonchev–Trinajstić information content (AvgIpc) is 2.64. The zero-order chi connectivity index (χ0) is 12.2. The third-order valence-electron chi connectivity index (χ3n) is 2.72. The number of nitrogens with zero attached hydrogens (tertiary/aromatic N) is 1. The van der Waals surface area contributed by atoms with Crippen molar-refractivity contribution in [3.63, 3.8) is 0 Å². The molecule has 0 radical (unpaired) electrons. The minimum absolute atomic E-state index is 0.0136. The van der Waals surface area contributed by atoms with Crippen LogP contribution in [0, 0.1) is 0 Å². The summed E-state index contributed by atoms with van der Waals surface area (Å²) in [6, 6.07) is -0.142. The fourth-order valence-electron chi connectivity index (χ4n) is 2.08. The Kier molecular flexibility index (Phi) is 4.69. The normalized spacial score (nSPS) is 18.1. The van der Waals surface area contributed by atoms with Crippen molar-refractivity contribution in [2.24, 2.45) is 0 Å². The first-order valence-corrected chi connectivity index (χ1v) is 6.90. The van der Waals surface area contributed by atoms with Gasteiger partial charge in [0.05, 0.1) is 6.61 Å². The number of aliphatic hydroxyl groups excluding tert-OH is 1. The van der Waals surface area contributed by atoms with Crippen molar-refractivity contribution in [1.82, 2.24) is 4.31 Å². The number of sulfonamides is 1. The van der Waals surface area contributed by atoms with Crippen molar-refractivity contribution in [2.75, 3.05) is 18.9 Å². The molecule has 16 heavy (non-hydrogen) atoms. The number of rotatable bonds is 6. The van der Waals surface area contributed by atoms with Gasteiger partial charge >= 0.3 is 5.97 Å². The predicted octanol–water partition coefficient (Wildman–Crippen LogP) is -0.362. The zero-order valence-electron chi connectivity index (χ0n) is 9.00. The van der Waals surface area contributed by atoms with Crippen molar-refractivity contribution in [3.05, 3.63) is 0 Å². The van der Waals surface area contributed by atoms with Crippen LogP contribution in [0.5, 0.6) is 0 Å². The Hall–Kier alpha value is -0.660. The second-order valence-corrected chi connectivity index (χ2v) is 5.84. The van der Waals surface area contributed by atoms with Crippen LogP contribution in [0.3, 0.4) is 0 Å². The Labute approximate surface area is 94.9 Å². The summed E-state index contributed by atoms with van der Waals surface area (Å²) in [5.74, 6) is -2.26. The van der Waals surface area contributed by atoms with Gasteiger partial charge in [0.2, 0.25) is 10.0 Å². The van der Waals surface area contributed by atoms with E-state index in [0.717, 1.165) is 30.0 Å². The first kappa shape index (κ1) is 13.4. The van der Waals surface area contributed by atoms with E-state index in [-0.39, 0.29) is 19.2 Å². The molecule has 1 fully saturated rings. The summed E-state index contributed by atoms with van der Waals surface area (Å²) in [6.45, 7) is -0.296. The maximum atomic E-state index is 11.8. The van der Waals surface area contributed by atoms with Gasteiger partial charge in [-0.15, -0.1) is 0 Å². The third kappa shape index (κ3) is 3.43. The topological polar surface area (TPSA) is 94.9 Å². The molecule has 0 aromatic heterocycles. The fraction of sp³-hybridized carbons (Fsp3) is 0.889. The molecule has 7 heteroatoms. The first-order valence-electron chi connectivity index (χ1n) is 5.29. The van der Waals surface area contributed by atoms with Crippen molar-refractivity contribution in [1.29, 1.82) is 0 Å². The van der Waals surface area contributed by atoms with Crippen LogP contribution in [0.25, 0.3) is 0 Å². The highest BCUT2D eigenvalue weighted by atomic mass is 32.2. The van der Waals surface area contributed by atoms with E-state index in [0.29, 0.717) is 0 Å². The summed E-state index contributed by atoms with van der Waals surface area (Å²) in [7, 11) is -3.79. The molecule has 0 aromatic carbocycles. The molecule has 0 saturated heterocycles. The number of hydrogen-bond acceptors (Lipinski definition) is 4. The van der Waals surface area contributed by atoms with Gasteiger partial charge in [-0.05, 0) is 12.8 Å². The molecule has 0 heterocycles. The molecule has 1 aliphatic carbocycles. The Morgan fingerprint density at radius 2 is 1.88 bits per heavy atom. The number of aliphatic carboxylic acids is 1. The Balaban J connectivity index is 2.78. The van der Waals surface area contributed by atoms with Gasteiger partial charge in [0.15, 0.2) is 5.75 Å². The van der Waals surface area contributed by atoms with Crippen LogP contribution >= 0.6 is 0 Å². The Morgan fingerprint density at radius 1 is 1.31 bits per heavy atom. The van der Waals surface area contributed by atoms with Gasteiger partial charge in [-0.3, -0.25) is 4.79 Å². The number of carboxylic acid groups (broad SMARTS) is 1. The molecule has 0 spiro atoms. The SMILES string of the molecule is O=C(O)CS(=O)(=O)N(CCO)C1CCCC1. The fourth-order valence-corrected chi connectivity index (χ4v) is 3.58. The van der Waals surface area contributed by atoms with Crippen molar-refractivity contribution < 1.29 is 23.4 Å². The van der Waals surface area contributed by atoms with Crippen LogP contribution in [-0.2, 0) is 14.8 Å². The lowest BCUT2D eigenvalue weighted by Crippen LogP contribution is -2.43. The first-order chi connectivity index (χ1) is 7.47. The van der Waals surface area contributed by atoms with Gasteiger partial charge in [0.1, 0.15) is 0 Å². The van der Waals surface area contributed by atoms with E-state index in [4.69, 9.17) is 10.2 Å². The molecule has 0 atom stereocenters. The number of carboxylic acids is 1. The average molecular weight is 251 g/mol. The summed E-state index contributed by atoms with van der Waals surface area (Å²) in [6.07, 6.45) is 3.40. The largest absolute Gasteiger partial charge is 0.480 e. The summed E-state index contributed by atoms with van der Waals surface area (Å²) in [5.41, 5.74) is 0. The lowest BCUT2D eigenvalue weighted by Gasteiger charge is -2.26. The molecule has 0 bridgehead atoms. The Bertz CT molecular complexity index is 334. The maximum absolute atomic E-state index is 11.8. The molecule has 2 N–H and O–H groups in total.